The number of amides is 1. The zero-order chi connectivity index (χ0) is 26.4. The summed E-state index contributed by atoms with van der Waals surface area (Å²) < 4.78 is 14.6. The first-order valence-electron chi connectivity index (χ1n) is 12.4. The summed E-state index contributed by atoms with van der Waals surface area (Å²) in [6.45, 7) is 5.61. The molecule has 2 heterocycles. The van der Waals surface area contributed by atoms with Gasteiger partial charge < -0.3 is 10.2 Å². The van der Waals surface area contributed by atoms with Crippen LogP contribution in [0.1, 0.15) is 43.5 Å². The summed E-state index contributed by atoms with van der Waals surface area (Å²) in [4.78, 5) is 36.3. The lowest BCUT2D eigenvalue weighted by molar-refractivity contribution is 0.102. The number of hydrogen-bond donors (Lipinski definition) is 2. The summed E-state index contributed by atoms with van der Waals surface area (Å²) >= 11 is 0. The molecule has 192 valence electrons. The highest BCUT2D eigenvalue weighted by Gasteiger charge is 2.15. The second-order valence-electron chi connectivity index (χ2n) is 9.10. The van der Waals surface area contributed by atoms with Crippen LogP contribution in [0.15, 0.2) is 63.3 Å². The van der Waals surface area contributed by atoms with E-state index in [0.29, 0.717) is 29.8 Å². The number of aromatic amines is 1. The van der Waals surface area contributed by atoms with Gasteiger partial charge in [0.2, 0.25) is 0 Å². The molecule has 0 bridgehead atoms. The monoisotopic (exact) mass is 502 g/mol. The van der Waals surface area contributed by atoms with Gasteiger partial charge in [0.1, 0.15) is 11.5 Å². The number of nitrogens with zero attached hydrogens (tertiary/aromatic N) is 4. The number of carbonyl (C=O) groups excluding carboxylic acids is 1. The first-order chi connectivity index (χ1) is 17.9. The second-order valence-corrected chi connectivity index (χ2v) is 9.10. The summed E-state index contributed by atoms with van der Waals surface area (Å²) in [7, 11) is 1.96. The Balaban J connectivity index is 1.58. The van der Waals surface area contributed by atoms with E-state index in [-0.39, 0.29) is 17.3 Å². The molecule has 0 saturated heterocycles. The molecule has 2 N–H and O–H groups in total. The number of aromatic nitrogens is 2. The van der Waals surface area contributed by atoms with Crippen molar-refractivity contribution in [1.29, 1.82) is 0 Å². The average Bonchev–Trinajstić information content (AvgIpc) is 2.90. The fourth-order valence-corrected chi connectivity index (χ4v) is 4.07. The van der Waals surface area contributed by atoms with Crippen molar-refractivity contribution in [2.24, 2.45) is 15.9 Å². The number of halogens is 1. The average molecular weight is 503 g/mol. The Bertz CT molecular complexity index is 1380. The normalized spacial score (nSPS) is 16.8. The summed E-state index contributed by atoms with van der Waals surface area (Å²) in [5.74, 6) is -0.774. The minimum atomic E-state index is -0.576. The molecule has 0 fully saturated rings. The van der Waals surface area contributed by atoms with Crippen LogP contribution in [0.3, 0.4) is 0 Å². The van der Waals surface area contributed by atoms with Crippen LogP contribution in [-0.4, -0.2) is 48.2 Å². The zero-order valence-corrected chi connectivity index (χ0v) is 21.3. The standard InChI is InChI=1S/C28H31FN6O2/c1-4-35(3)21-10-7-19(8-11-21)27(36)32-25-16-20(9-12-22(25)29)24-17-26(28(37)34-33-24)31-23-13-15-30-14-5-6-18(23)2/h7-12,14,16-18H,4-6,13,15H2,1-3H3,(H,32,36)(H,34,37). The van der Waals surface area contributed by atoms with Crippen molar-refractivity contribution in [3.63, 3.8) is 0 Å². The van der Waals surface area contributed by atoms with Crippen molar-refractivity contribution < 1.29 is 9.18 Å². The van der Waals surface area contributed by atoms with E-state index in [0.717, 1.165) is 30.8 Å². The molecule has 0 aliphatic carbocycles. The van der Waals surface area contributed by atoms with E-state index in [9.17, 15) is 14.0 Å². The van der Waals surface area contributed by atoms with Crippen molar-refractivity contribution in [1.82, 2.24) is 10.2 Å². The highest BCUT2D eigenvalue weighted by Crippen LogP contribution is 2.26. The van der Waals surface area contributed by atoms with E-state index in [1.165, 1.54) is 12.1 Å². The van der Waals surface area contributed by atoms with Crippen molar-refractivity contribution in [3.8, 4) is 11.3 Å². The van der Waals surface area contributed by atoms with Gasteiger partial charge in [-0.2, -0.15) is 5.10 Å². The van der Waals surface area contributed by atoms with Crippen molar-refractivity contribution in [2.75, 3.05) is 30.4 Å². The number of hydrogen-bond acceptors (Lipinski definition) is 6. The molecule has 1 unspecified atom stereocenters. The lowest BCUT2D eigenvalue weighted by Gasteiger charge is -2.17. The van der Waals surface area contributed by atoms with Crippen LogP contribution in [-0.2, 0) is 0 Å². The first-order valence-corrected chi connectivity index (χ1v) is 12.4. The Morgan fingerprint density at radius 1 is 1.22 bits per heavy atom. The molecule has 1 aliphatic heterocycles. The van der Waals surface area contributed by atoms with E-state index in [2.05, 4.69) is 32.4 Å². The van der Waals surface area contributed by atoms with Crippen LogP contribution in [0.5, 0.6) is 0 Å². The molecule has 4 rings (SSSR count). The third kappa shape index (κ3) is 6.35. The van der Waals surface area contributed by atoms with Gasteiger partial charge >= 0.3 is 0 Å². The highest BCUT2D eigenvalue weighted by atomic mass is 19.1. The van der Waals surface area contributed by atoms with Gasteiger partial charge in [-0.15, -0.1) is 0 Å². The number of carbonyl (C=O) groups is 1. The second kappa shape index (κ2) is 11.7. The molecule has 0 saturated carbocycles. The lowest BCUT2D eigenvalue weighted by atomic mass is 9.96. The van der Waals surface area contributed by atoms with Crippen LogP contribution < -0.4 is 15.8 Å². The van der Waals surface area contributed by atoms with Crippen LogP contribution in [0.2, 0.25) is 0 Å². The minimum absolute atomic E-state index is 0.0182. The molecule has 1 aliphatic rings. The third-order valence-corrected chi connectivity index (χ3v) is 6.53. The van der Waals surface area contributed by atoms with Crippen molar-refractivity contribution >= 4 is 34.9 Å². The number of anilines is 2. The molecule has 3 aromatic rings. The maximum atomic E-state index is 14.6. The Hall–Kier alpha value is -4.14. The number of rotatable bonds is 6. The molecule has 37 heavy (non-hydrogen) atoms. The first kappa shape index (κ1) is 25.9. The minimum Gasteiger partial charge on any atom is -0.375 e. The molecule has 2 aromatic carbocycles. The summed E-state index contributed by atoms with van der Waals surface area (Å²) in [6.07, 6.45) is 4.41. The van der Waals surface area contributed by atoms with Gasteiger partial charge in [-0.3, -0.25) is 19.6 Å². The molecular weight excluding hydrogens is 471 g/mol. The maximum absolute atomic E-state index is 14.6. The summed E-state index contributed by atoms with van der Waals surface area (Å²) in [5, 5.41) is 9.26. The maximum Gasteiger partial charge on any atom is 0.290 e. The SMILES string of the molecule is CCN(C)c1ccc(C(=O)Nc2cc(-c3cc(N=C4CCN=CCCC4C)c(=O)[nH]n3)ccc2F)cc1. The largest absolute Gasteiger partial charge is 0.375 e. The lowest BCUT2D eigenvalue weighted by Crippen LogP contribution is -2.17. The van der Waals surface area contributed by atoms with Crippen molar-refractivity contribution in [3.05, 3.63) is 70.3 Å². The molecule has 0 radical (unpaired) electrons. The Labute approximate surface area is 215 Å². The van der Waals surface area contributed by atoms with E-state index in [1.54, 1.807) is 24.3 Å². The van der Waals surface area contributed by atoms with Crippen molar-refractivity contribution in [2.45, 2.75) is 33.1 Å². The fourth-order valence-electron chi connectivity index (χ4n) is 4.07. The van der Waals surface area contributed by atoms with Crippen LogP contribution >= 0.6 is 0 Å². The van der Waals surface area contributed by atoms with E-state index in [4.69, 9.17) is 0 Å². The van der Waals surface area contributed by atoms with Crippen LogP contribution in [0.25, 0.3) is 11.3 Å². The Kier molecular flexibility index (Phi) is 8.22. The van der Waals surface area contributed by atoms with Gasteiger partial charge in [-0.05, 0) is 80.4 Å². The van der Waals surface area contributed by atoms with E-state index in [1.807, 2.05) is 37.2 Å². The van der Waals surface area contributed by atoms with Gasteiger partial charge in [-0.25, -0.2) is 9.49 Å². The smallest absolute Gasteiger partial charge is 0.290 e. The predicted octanol–water partition coefficient (Wildman–Crippen LogP) is 5.25. The van der Waals surface area contributed by atoms with Crippen LogP contribution in [0, 0.1) is 11.7 Å². The Morgan fingerprint density at radius 2 is 2.00 bits per heavy atom. The molecule has 1 atom stereocenters. The molecule has 1 amide bonds. The van der Waals surface area contributed by atoms with Crippen LogP contribution in [0.4, 0.5) is 21.5 Å². The fraction of sp³-hybridized carbons (Fsp3) is 0.321. The quantitative estimate of drug-likeness (QED) is 0.481. The number of aliphatic imine (C=N–C) groups is 2. The van der Waals surface area contributed by atoms with Gasteiger partial charge in [-0.1, -0.05) is 6.92 Å². The molecule has 0 spiro atoms. The Morgan fingerprint density at radius 3 is 2.76 bits per heavy atom. The zero-order valence-electron chi connectivity index (χ0n) is 21.3. The molecule has 1 aromatic heterocycles. The summed E-state index contributed by atoms with van der Waals surface area (Å²) in [6, 6.07) is 13.0. The van der Waals surface area contributed by atoms with Gasteiger partial charge in [0, 0.05) is 49.1 Å². The van der Waals surface area contributed by atoms with Gasteiger partial charge in [0.05, 0.1) is 11.4 Å². The highest BCUT2D eigenvalue weighted by molar-refractivity contribution is 6.04. The molecular formula is C28H31FN6O2. The molecule has 9 heteroatoms. The number of nitrogens with one attached hydrogen (secondary N) is 2. The van der Waals surface area contributed by atoms with Gasteiger partial charge in [0.15, 0.2) is 0 Å². The number of H-pyrrole nitrogens is 1. The predicted molar refractivity (Wildman–Crippen MR) is 147 cm³/mol. The van der Waals surface area contributed by atoms with E-state index >= 15 is 0 Å². The number of benzene rings is 2. The molecule has 8 nitrogen and oxygen atoms in total. The van der Waals surface area contributed by atoms with Gasteiger partial charge in [0.25, 0.3) is 11.5 Å². The third-order valence-electron chi connectivity index (χ3n) is 6.53. The van der Waals surface area contributed by atoms with E-state index < -0.39 is 17.3 Å². The summed E-state index contributed by atoms with van der Waals surface area (Å²) in [5.41, 5.74) is 3.12. The topological polar surface area (TPSA) is 103 Å².